The summed E-state index contributed by atoms with van der Waals surface area (Å²) in [5, 5.41) is 0. The number of nitrogens with zero attached hydrogens (tertiary/aromatic N) is 1. The van der Waals surface area contributed by atoms with Crippen LogP contribution in [0.2, 0.25) is 0 Å². The summed E-state index contributed by atoms with van der Waals surface area (Å²) >= 11 is 0. The number of amides is 1. The van der Waals surface area contributed by atoms with Gasteiger partial charge in [0, 0.05) is 18.8 Å². The van der Waals surface area contributed by atoms with Gasteiger partial charge in [-0.1, -0.05) is 19.8 Å². The van der Waals surface area contributed by atoms with E-state index < -0.39 is 5.82 Å². The second-order valence-corrected chi connectivity index (χ2v) is 5.48. The van der Waals surface area contributed by atoms with Gasteiger partial charge in [0.15, 0.2) is 0 Å². The third-order valence-corrected chi connectivity index (χ3v) is 4.13. The maximum Gasteiger partial charge on any atom is 0.255 e. The third kappa shape index (κ3) is 2.88. The third-order valence-electron chi connectivity index (χ3n) is 4.13. The summed E-state index contributed by atoms with van der Waals surface area (Å²) in [5.41, 5.74) is 6.34. The number of rotatable bonds is 2. The number of hydrogen-bond donors (Lipinski definition) is 1. The minimum atomic E-state index is -0.414. The van der Waals surface area contributed by atoms with Crippen LogP contribution in [0.3, 0.4) is 0 Å². The molecule has 0 bridgehead atoms. The van der Waals surface area contributed by atoms with Crippen LogP contribution in [0.15, 0.2) is 18.2 Å². The summed E-state index contributed by atoms with van der Waals surface area (Å²) in [6, 6.07) is 4.20. The minimum Gasteiger partial charge on any atom is -0.398 e. The van der Waals surface area contributed by atoms with E-state index >= 15 is 0 Å². The lowest BCUT2D eigenvalue weighted by Crippen LogP contribution is -2.42. The summed E-state index contributed by atoms with van der Waals surface area (Å²) in [6.07, 6.45) is 4.58. The molecule has 1 aliphatic carbocycles. The first-order valence-electron chi connectivity index (χ1n) is 6.83. The second kappa shape index (κ2) is 5.59. The summed E-state index contributed by atoms with van der Waals surface area (Å²) < 4.78 is 13.0. The summed E-state index contributed by atoms with van der Waals surface area (Å²) in [7, 11) is 1.82. The van der Waals surface area contributed by atoms with Gasteiger partial charge in [0.25, 0.3) is 5.91 Å². The molecule has 0 aromatic heterocycles. The second-order valence-electron chi connectivity index (χ2n) is 5.48. The van der Waals surface area contributed by atoms with Crippen molar-refractivity contribution in [3.8, 4) is 0 Å². The van der Waals surface area contributed by atoms with Gasteiger partial charge in [-0.3, -0.25) is 4.79 Å². The Balaban J connectivity index is 2.18. The molecule has 0 aliphatic heterocycles. The molecule has 4 heteroatoms. The van der Waals surface area contributed by atoms with Crippen LogP contribution in [0, 0.1) is 11.7 Å². The largest absolute Gasteiger partial charge is 0.398 e. The Morgan fingerprint density at radius 2 is 2.05 bits per heavy atom. The van der Waals surface area contributed by atoms with Gasteiger partial charge in [-0.2, -0.15) is 0 Å². The highest BCUT2D eigenvalue weighted by molar-refractivity contribution is 5.99. The summed E-state index contributed by atoms with van der Waals surface area (Å²) in [6.45, 7) is 2.18. The number of anilines is 1. The Bertz CT molecular complexity index is 475. The van der Waals surface area contributed by atoms with Crippen LogP contribution < -0.4 is 5.73 Å². The van der Waals surface area contributed by atoms with Crippen LogP contribution in [0.1, 0.15) is 43.0 Å². The molecule has 19 heavy (non-hydrogen) atoms. The predicted octanol–water partition coefficient (Wildman–Crippen LogP) is 3.06. The monoisotopic (exact) mass is 264 g/mol. The number of halogens is 1. The van der Waals surface area contributed by atoms with Crippen molar-refractivity contribution in [1.82, 2.24) is 4.90 Å². The van der Waals surface area contributed by atoms with E-state index in [0.29, 0.717) is 11.5 Å². The van der Waals surface area contributed by atoms with E-state index in [0.717, 1.165) is 19.3 Å². The number of hydrogen-bond acceptors (Lipinski definition) is 2. The standard InChI is InChI=1S/C15H21FN2O/c1-10-5-3-4-6-14(10)18(2)15(19)12-8-7-11(16)9-13(12)17/h7-10,14H,3-6,17H2,1-2H3. The summed E-state index contributed by atoms with van der Waals surface area (Å²) in [4.78, 5) is 14.2. The van der Waals surface area contributed by atoms with Crippen LogP contribution in [-0.2, 0) is 0 Å². The lowest BCUT2D eigenvalue weighted by molar-refractivity contribution is 0.0630. The molecule has 2 rings (SSSR count). The normalized spacial score (nSPS) is 23.1. The van der Waals surface area contributed by atoms with Gasteiger partial charge in [0.05, 0.1) is 5.56 Å². The molecular weight excluding hydrogens is 243 g/mol. The molecule has 0 radical (unpaired) electrons. The molecule has 0 saturated heterocycles. The van der Waals surface area contributed by atoms with Gasteiger partial charge in [0.2, 0.25) is 0 Å². The van der Waals surface area contributed by atoms with Crippen molar-refractivity contribution in [2.75, 3.05) is 12.8 Å². The van der Waals surface area contributed by atoms with Crippen molar-refractivity contribution in [3.63, 3.8) is 0 Å². The fourth-order valence-corrected chi connectivity index (χ4v) is 2.94. The number of carbonyl (C=O) groups is 1. The van der Waals surface area contributed by atoms with Crippen LogP contribution in [0.4, 0.5) is 10.1 Å². The zero-order valence-electron chi connectivity index (χ0n) is 11.5. The van der Waals surface area contributed by atoms with E-state index in [1.807, 2.05) is 7.05 Å². The summed E-state index contributed by atoms with van der Waals surface area (Å²) in [5.74, 6) is -0.0247. The SMILES string of the molecule is CC1CCCCC1N(C)C(=O)c1ccc(F)cc1N. The quantitative estimate of drug-likeness (QED) is 0.834. The molecule has 104 valence electrons. The number of nitrogens with two attached hydrogens (primary N) is 1. The average Bonchev–Trinajstić information content (AvgIpc) is 2.38. The van der Waals surface area contributed by atoms with E-state index in [4.69, 9.17) is 5.73 Å². The van der Waals surface area contributed by atoms with E-state index in [2.05, 4.69) is 6.92 Å². The smallest absolute Gasteiger partial charge is 0.255 e. The lowest BCUT2D eigenvalue weighted by Gasteiger charge is -2.36. The van der Waals surface area contributed by atoms with Gasteiger partial charge < -0.3 is 10.6 Å². The first-order chi connectivity index (χ1) is 9.00. The Labute approximate surface area is 113 Å². The molecule has 3 nitrogen and oxygen atoms in total. The molecular formula is C15H21FN2O. The molecule has 1 amide bonds. The van der Waals surface area contributed by atoms with Gasteiger partial charge in [-0.05, 0) is 37.0 Å². The number of benzene rings is 1. The van der Waals surface area contributed by atoms with Crippen LogP contribution in [-0.4, -0.2) is 23.9 Å². The Morgan fingerprint density at radius 3 is 2.68 bits per heavy atom. The molecule has 2 N–H and O–H groups in total. The molecule has 1 aliphatic rings. The lowest BCUT2D eigenvalue weighted by atomic mass is 9.85. The minimum absolute atomic E-state index is 0.115. The van der Waals surface area contributed by atoms with Crippen molar-refractivity contribution in [3.05, 3.63) is 29.6 Å². The molecule has 1 aromatic carbocycles. The average molecular weight is 264 g/mol. The van der Waals surface area contributed by atoms with Gasteiger partial charge in [-0.25, -0.2) is 4.39 Å². The Hall–Kier alpha value is -1.58. The molecule has 0 spiro atoms. The van der Waals surface area contributed by atoms with E-state index in [1.165, 1.54) is 24.6 Å². The number of carbonyl (C=O) groups excluding carboxylic acids is 1. The molecule has 1 saturated carbocycles. The maximum atomic E-state index is 13.0. The number of nitrogen functional groups attached to an aromatic ring is 1. The van der Waals surface area contributed by atoms with Gasteiger partial charge >= 0.3 is 0 Å². The van der Waals surface area contributed by atoms with Crippen LogP contribution >= 0.6 is 0 Å². The first kappa shape index (κ1) is 13.8. The van der Waals surface area contributed by atoms with Crippen LogP contribution in [0.5, 0.6) is 0 Å². The van der Waals surface area contributed by atoms with E-state index in [9.17, 15) is 9.18 Å². The van der Waals surface area contributed by atoms with Crippen molar-refractivity contribution in [2.45, 2.75) is 38.6 Å². The molecule has 1 aromatic rings. The molecule has 0 heterocycles. The maximum absolute atomic E-state index is 13.0. The molecule has 2 atom stereocenters. The Morgan fingerprint density at radius 1 is 1.37 bits per heavy atom. The zero-order valence-corrected chi connectivity index (χ0v) is 11.5. The highest BCUT2D eigenvalue weighted by atomic mass is 19.1. The van der Waals surface area contributed by atoms with Crippen LogP contribution in [0.25, 0.3) is 0 Å². The molecule has 1 fully saturated rings. The van der Waals surface area contributed by atoms with Gasteiger partial charge in [0.1, 0.15) is 5.82 Å². The van der Waals surface area contributed by atoms with Crippen molar-refractivity contribution in [2.24, 2.45) is 5.92 Å². The van der Waals surface area contributed by atoms with Crippen molar-refractivity contribution >= 4 is 11.6 Å². The van der Waals surface area contributed by atoms with Gasteiger partial charge in [-0.15, -0.1) is 0 Å². The highest BCUT2D eigenvalue weighted by Crippen LogP contribution is 2.28. The Kier molecular flexibility index (Phi) is 4.08. The van der Waals surface area contributed by atoms with Crippen molar-refractivity contribution in [1.29, 1.82) is 0 Å². The zero-order chi connectivity index (χ0) is 14.0. The first-order valence-corrected chi connectivity index (χ1v) is 6.83. The fourth-order valence-electron chi connectivity index (χ4n) is 2.94. The van der Waals surface area contributed by atoms with E-state index in [-0.39, 0.29) is 17.6 Å². The fraction of sp³-hybridized carbons (Fsp3) is 0.533. The van der Waals surface area contributed by atoms with E-state index in [1.54, 1.807) is 4.90 Å². The topological polar surface area (TPSA) is 46.3 Å². The highest BCUT2D eigenvalue weighted by Gasteiger charge is 2.29. The molecule has 2 unspecified atom stereocenters. The van der Waals surface area contributed by atoms with Crippen molar-refractivity contribution < 1.29 is 9.18 Å². The predicted molar refractivity (Wildman–Crippen MR) is 74.3 cm³/mol.